The smallest absolute Gasteiger partial charge is 0.287 e. The fraction of sp³-hybridized carbons (Fsp3) is 0.583. The van der Waals surface area contributed by atoms with Crippen molar-refractivity contribution in [2.24, 2.45) is 5.92 Å². The van der Waals surface area contributed by atoms with Gasteiger partial charge >= 0.3 is 0 Å². The summed E-state index contributed by atoms with van der Waals surface area (Å²) in [4.78, 5) is 11.8. The van der Waals surface area contributed by atoms with Crippen molar-refractivity contribution in [3.05, 3.63) is 17.6 Å². The second kappa shape index (κ2) is 5.96. The quantitative estimate of drug-likeness (QED) is 0.848. The summed E-state index contributed by atoms with van der Waals surface area (Å²) < 4.78 is 27.7. The second-order valence-electron chi connectivity index (χ2n) is 4.70. The first-order valence-corrected chi connectivity index (χ1v) is 8.33. The molecule has 0 aliphatic heterocycles. The summed E-state index contributed by atoms with van der Waals surface area (Å²) in [7, 11) is 1.35. The first-order valence-electron chi connectivity index (χ1n) is 6.02. The molecule has 1 atom stereocenters. The zero-order valence-electron chi connectivity index (χ0n) is 11.4. The van der Waals surface area contributed by atoms with E-state index in [-0.39, 0.29) is 28.4 Å². The Labute approximate surface area is 117 Å². The molecule has 0 fully saturated rings. The molecule has 0 aromatic carbocycles. The molecular weight excluding hydrogens is 290 g/mol. The van der Waals surface area contributed by atoms with Crippen LogP contribution in [0.1, 0.15) is 43.5 Å². The molecular formula is C12H18ClNO4S. The number of hydrogen-bond acceptors (Lipinski definition) is 4. The number of aryl methyl sites for hydroxylation is 1. The van der Waals surface area contributed by atoms with E-state index < -0.39 is 15.0 Å². The van der Waals surface area contributed by atoms with Crippen LogP contribution in [-0.4, -0.2) is 20.4 Å². The predicted molar refractivity (Wildman–Crippen MR) is 72.9 cm³/mol. The number of furan rings is 1. The molecule has 0 aliphatic carbocycles. The number of halogens is 1. The van der Waals surface area contributed by atoms with E-state index in [2.05, 4.69) is 5.32 Å². The summed E-state index contributed by atoms with van der Waals surface area (Å²) in [6.45, 7) is 7.41. The second-order valence-corrected chi connectivity index (χ2v) is 7.24. The number of hydrogen-bond donors (Lipinski definition) is 1. The highest BCUT2D eigenvalue weighted by atomic mass is 35.7. The number of carbonyl (C=O) groups is 1. The fourth-order valence-electron chi connectivity index (χ4n) is 1.80. The third-order valence-electron chi connectivity index (χ3n) is 2.92. The Balaban J connectivity index is 2.96. The van der Waals surface area contributed by atoms with Crippen LogP contribution in [0.2, 0.25) is 0 Å². The van der Waals surface area contributed by atoms with Crippen LogP contribution < -0.4 is 5.32 Å². The van der Waals surface area contributed by atoms with Crippen LogP contribution in [0.25, 0.3) is 0 Å². The molecule has 1 aromatic rings. The van der Waals surface area contributed by atoms with Gasteiger partial charge in [0, 0.05) is 22.8 Å². The lowest BCUT2D eigenvalue weighted by Crippen LogP contribution is -2.37. The van der Waals surface area contributed by atoms with Crippen molar-refractivity contribution in [3.63, 3.8) is 0 Å². The van der Waals surface area contributed by atoms with Crippen LogP contribution in [0.5, 0.6) is 0 Å². The molecule has 0 spiro atoms. The Morgan fingerprint density at radius 2 is 2.05 bits per heavy atom. The molecule has 1 heterocycles. The van der Waals surface area contributed by atoms with Crippen LogP contribution in [0.3, 0.4) is 0 Å². The van der Waals surface area contributed by atoms with Crippen molar-refractivity contribution in [2.75, 3.05) is 0 Å². The first kappa shape index (κ1) is 16.0. The molecule has 0 radical (unpaired) electrons. The Kier molecular flexibility index (Phi) is 5.04. The molecule has 0 aliphatic rings. The fourth-order valence-corrected chi connectivity index (χ4v) is 2.89. The summed E-state index contributed by atoms with van der Waals surface area (Å²) in [6, 6.07) is 1.16. The van der Waals surface area contributed by atoms with Gasteiger partial charge in [-0.3, -0.25) is 4.79 Å². The van der Waals surface area contributed by atoms with Gasteiger partial charge in [0.1, 0.15) is 10.7 Å². The summed E-state index contributed by atoms with van der Waals surface area (Å²) in [6.07, 6.45) is 0.782. The van der Waals surface area contributed by atoms with Gasteiger partial charge in [-0.25, -0.2) is 8.42 Å². The van der Waals surface area contributed by atoms with Gasteiger partial charge in [-0.15, -0.1) is 0 Å². The average molecular weight is 308 g/mol. The third kappa shape index (κ3) is 3.98. The lowest BCUT2D eigenvalue weighted by molar-refractivity contribution is 0.0895. The van der Waals surface area contributed by atoms with Crippen LogP contribution >= 0.6 is 10.7 Å². The maximum atomic E-state index is 12.0. The number of nitrogens with one attached hydrogen (secondary N) is 1. The van der Waals surface area contributed by atoms with Crippen molar-refractivity contribution in [3.8, 4) is 0 Å². The molecule has 108 valence electrons. The maximum absolute atomic E-state index is 12.0. The lowest BCUT2D eigenvalue weighted by Gasteiger charge is -2.19. The van der Waals surface area contributed by atoms with Crippen molar-refractivity contribution in [1.29, 1.82) is 0 Å². The Morgan fingerprint density at radius 3 is 2.42 bits per heavy atom. The first-order chi connectivity index (χ1) is 8.66. The van der Waals surface area contributed by atoms with Gasteiger partial charge < -0.3 is 9.73 Å². The highest BCUT2D eigenvalue weighted by Gasteiger charge is 2.23. The number of carbonyl (C=O) groups excluding carboxylic acids is 1. The highest BCUT2D eigenvalue weighted by Crippen LogP contribution is 2.23. The van der Waals surface area contributed by atoms with Gasteiger partial charge in [-0.2, -0.15) is 0 Å². The van der Waals surface area contributed by atoms with E-state index in [0.29, 0.717) is 0 Å². The normalized spacial score (nSPS) is 13.6. The van der Waals surface area contributed by atoms with Crippen LogP contribution in [0.15, 0.2) is 15.4 Å². The van der Waals surface area contributed by atoms with Crippen LogP contribution in [0, 0.1) is 12.8 Å². The van der Waals surface area contributed by atoms with Crippen molar-refractivity contribution in [2.45, 2.75) is 45.1 Å². The van der Waals surface area contributed by atoms with E-state index >= 15 is 0 Å². The minimum Gasteiger partial charge on any atom is -0.455 e. The van der Waals surface area contributed by atoms with Gasteiger partial charge in [0.05, 0.1) is 0 Å². The predicted octanol–water partition coefficient (Wildman–Crippen LogP) is 2.68. The van der Waals surface area contributed by atoms with E-state index in [4.69, 9.17) is 15.1 Å². The molecule has 7 heteroatoms. The largest absolute Gasteiger partial charge is 0.455 e. The van der Waals surface area contributed by atoms with E-state index in [1.54, 1.807) is 0 Å². The molecule has 19 heavy (non-hydrogen) atoms. The van der Waals surface area contributed by atoms with Crippen LogP contribution in [-0.2, 0) is 9.05 Å². The van der Waals surface area contributed by atoms with E-state index in [1.165, 1.54) is 6.92 Å². The monoisotopic (exact) mass is 307 g/mol. The van der Waals surface area contributed by atoms with Crippen LogP contribution in [0.4, 0.5) is 0 Å². The molecule has 1 N–H and O–H groups in total. The lowest BCUT2D eigenvalue weighted by atomic mass is 10.0. The van der Waals surface area contributed by atoms with Gasteiger partial charge in [0.25, 0.3) is 15.0 Å². The number of amides is 1. The van der Waals surface area contributed by atoms with Gasteiger partial charge in [0.15, 0.2) is 5.76 Å². The average Bonchev–Trinajstić information content (AvgIpc) is 2.67. The minimum absolute atomic E-state index is 0.00830. The zero-order chi connectivity index (χ0) is 14.8. The highest BCUT2D eigenvalue weighted by molar-refractivity contribution is 8.13. The molecule has 1 rings (SSSR count). The Bertz CT molecular complexity index is 562. The molecule has 0 bridgehead atoms. The topological polar surface area (TPSA) is 76.4 Å². The number of rotatable bonds is 5. The molecule has 0 saturated carbocycles. The molecule has 0 saturated heterocycles. The van der Waals surface area contributed by atoms with Gasteiger partial charge in [-0.05, 0) is 19.3 Å². The molecule has 1 aromatic heterocycles. The maximum Gasteiger partial charge on any atom is 0.287 e. The molecule has 1 unspecified atom stereocenters. The van der Waals surface area contributed by atoms with Crippen molar-refractivity contribution >= 4 is 25.6 Å². The zero-order valence-corrected chi connectivity index (χ0v) is 12.9. The van der Waals surface area contributed by atoms with E-state index in [9.17, 15) is 13.2 Å². The summed E-state index contributed by atoms with van der Waals surface area (Å²) in [5.41, 5.74) is 0. The minimum atomic E-state index is -3.90. The third-order valence-corrected chi connectivity index (χ3v) is 4.35. The SMILES string of the molecule is CCC(NC(=O)c1cc(S(=O)(=O)Cl)c(C)o1)C(C)C. The van der Waals surface area contributed by atoms with Crippen molar-refractivity contribution < 1.29 is 17.6 Å². The van der Waals surface area contributed by atoms with E-state index in [1.807, 2.05) is 20.8 Å². The molecule has 5 nitrogen and oxygen atoms in total. The summed E-state index contributed by atoms with van der Waals surface area (Å²) in [5.74, 6) is -0.0926. The Morgan fingerprint density at radius 1 is 1.47 bits per heavy atom. The molecule has 1 amide bonds. The Hall–Kier alpha value is -1.01. The van der Waals surface area contributed by atoms with Gasteiger partial charge in [-0.1, -0.05) is 20.8 Å². The van der Waals surface area contributed by atoms with E-state index in [0.717, 1.165) is 12.5 Å². The summed E-state index contributed by atoms with van der Waals surface area (Å²) in [5, 5.41) is 2.80. The van der Waals surface area contributed by atoms with Crippen molar-refractivity contribution in [1.82, 2.24) is 5.32 Å². The standard InChI is InChI=1S/C12H18ClNO4S/c1-5-9(7(2)3)14-12(15)10-6-11(8(4)18-10)19(13,16)17/h6-7,9H,5H2,1-4H3,(H,14,15). The summed E-state index contributed by atoms with van der Waals surface area (Å²) >= 11 is 0. The van der Waals surface area contributed by atoms with Gasteiger partial charge in [0.2, 0.25) is 0 Å².